The highest BCUT2D eigenvalue weighted by Crippen LogP contribution is 2.30. The number of carbonyl (C=O) groups is 1. The lowest BCUT2D eigenvalue weighted by atomic mass is 10.2. The molecule has 0 saturated carbocycles. The molecule has 160 valence electrons. The first-order valence-electron chi connectivity index (χ1n) is 9.39. The summed E-state index contributed by atoms with van der Waals surface area (Å²) in [5.74, 6) is -0.579. The SMILES string of the molecule is CCCCn1c(SCC(=O)Nc2cccc(C(F)(F)F)c2)nc2cc(C)[nH]c2c1=O. The van der Waals surface area contributed by atoms with E-state index in [2.05, 4.69) is 15.3 Å². The minimum atomic E-state index is -4.49. The summed E-state index contributed by atoms with van der Waals surface area (Å²) in [6.45, 7) is 4.30. The van der Waals surface area contributed by atoms with E-state index in [0.29, 0.717) is 22.7 Å². The third-order valence-electron chi connectivity index (χ3n) is 4.38. The van der Waals surface area contributed by atoms with Crippen molar-refractivity contribution in [1.82, 2.24) is 14.5 Å². The zero-order valence-corrected chi connectivity index (χ0v) is 17.3. The van der Waals surface area contributed by atoms with Crippen molar-refractivity contribution in [3.63, 3.8) is 0 Å². The summed E-state index contributed by atoms with van der Waals surface area (Å²) in [7, 11) is 0. The number of aryl methyl sites for hydroxylation is 1. The van der Waals surface area contributed by atoms with Gasteiger partial charge in [0, 0.05) is 17.9 Å². The Morgan fingerprint density at radius 2 is 2.07 bits per heavy atom. The van der Waals surface area contributed by atoms with E-state index in [1.165, 1.54) is 16.7 Å². The number of aromatic nitrogens is 3. The fourth-order valence-corrected chi connectivity index (χ4v) is 3.76. The Kier molecular flexibility index (Phi) is 6.55. The van der Waals surface area contributed by atoms with Gasteiger partial charge in [-0.25, -0.2) is 4.98 Å². The Morgan fingerprint density at radius 3 is 2.77 bits per heavy atom. The van der Waals surface area contributed by atoms with Gasteiger partial charge in [0.15, 0.2) is 5.16 Å². The highest BCUT2D eigenvalue weighted by atomic mass is 32.2. The molecule has 30 heavy (non-hydrogen) atoms. The second-order valence-electron chi connectivity index (χ2n) is 6.83. The van der Waals surface area contributed by atoms with Crippen LogP contribution in [0.1, 0.15) is 31.0 Å². The molecular weight excluding hydrogens is 417 g/mol. The number of benzene rings is 1. The molecule has 1 amide bonds. The number of fused-ring (bicyclic) bond motifs is 1. The van der Waals surface area contributed by atoms with Crippen molar-refractivity contribution in [2.24, 2.45) is 0 Å². The standard InChI is InChI=1S/C20H21F3N4O2S/c1-3-4-8-27-18(29)17-15(9-12(2)24-17)26-19(27)30-11-16(28)25-14-7-5-6-13(10-14)20(21,22)23/h5-7,9-10,24H,3-4,8,11H2,1-2H3,(H,25,28). The number of hydrogen-bond donors (Lipinski definition) is 2. The summed E-state index contributed by atoms with van der Waals surface area (Å²) in [6, 6.07) is 6.20. The Labute approximate surface area is 174 Å². The topological polar surface area (TPSA) is 79.8 Å². The number of anilines is 1. The number of hydrogen-bond acceptors (Lipinski definition) is 4. The molecule has 0 aliphatic carbocycles. The van der Waals surface area contributed by atoms with Gasteiger partial charge in [-0.3, -0.25) is 14.2 Å². The van der Waals surface area contributed by atoms with Gasteiger partial charge in [0.1, 0.15) is 5.52 Å². The second-order valence-corrected chi connectivity index (χ2v) is 7.78. The van der Waals surface area contributed by atoms with Gasteiger partial charge in [-0.2, -0.15) is 13.2 Å². The minimum Gasteiger partial charge on any atom is -0.353 e. The van der Waals surface area contributed by atoms with Crippen molar-refractivity contribution >= 4 is 34.4 Å². The van der Waals surface area contributed by atoms with E-state index < -0.39 is 17.6 Å². The monoisotopic (exact) mass is 438 g/mol. The molecule has 6 nitrogen and oxygen atoms in total. The van der Waals surface area contributed by atoms with E-state index in [0.717, 1.165) is 42.4 Å². The van der Waals surface area contributed by atoms with Crippen molar-refractivity contribution in [1.29, 1.82) is 0 Å². The number of nitrogens with one attached hydrogen (secondary N) is 2. The summed E-state index contributed by atoms with van der Waals surface area (Å²) >= 11 is 1.08. The van der Waals surface area contributed by atoms with Crippen LogP contribution < -0.4 is 10.9 Å². The van der Waals surface area contributed by atoms with Crippen LogP contribution in [-0.4, -0.2) is 26.2 Å². The van der Waals surface area contributed by atoms with Gasteiger partial charge in [0.25, 0.3) is 5.56 Å². The highest BCUT2D eigenvalue weighted by Gasteiger charge is 2.30. The zero-order chi connectivity index (χ0) is 21.9. The molecule has 0 saturated heterocycles. The highest BCUT2D eigenvalue weighted by molar-refractivity contribution is 7.99. The van der Waals surface area contributed by atoms with Crippen LogP contribution in [0.2, 0.25) is 0 Å². The van der Waals surface area contributed by atoms with Crippen molar-refractivity contribution in [3.8, 4) is 0 Å². The number of halogens is 3. The summed E-state index contributed by atoms with van der Waals surface area (Å²) < 4.78 is 40.0. The van der Waals surface area contributed by atoms with Crippen molar-refractivity contribution in [2.45, 2.75) is 44.6 Å². The first kappa shape index (κ1) is 21.9. The summed E-state index contributed by atoms with van der Waals surface area (Å²) in [5.41, 5.74) is 0.760. The molecule has 0 fully saturated rings. The third-order valence-corrected chi connectivity index (χ3v) is 5.36. The first-order chi connectivity index (χ1) is 14.2. The maximum absolute atomic E-state index is 12.8. The molecule has 3 rings (SSSR count). The predicted octanol–water partition coefficient (Wildman–Crippen LogP) is 4.58. The molecule has 0 spiro atoms. The fraction of sp³-hybridized carbons (Fsp3) is 0.350. The lowest BCUT2D eigenvalue weighted by Gasteiger charge is -2.12. The van der Waals surface area contributed by atoms with Gasteiger partial charge < -0.3 is 10.3 Å². The maximum Gasteiger partial charge on any atom is 0.416 e. The van der Waals surface area contributed by atoms with E-state index in [9.17, 15) is 22.8 Å². The molecule has 0 atom stereocenters. The largest absolute Gasteiger partial charge is 0.416 e. The fourth-order valence-electron chi connectivity index (χ4n) is 2.94. The summed E-state index contributed by atoms with van der Waals surface area (Å²) in [4.78, 5) is 32.6. The molecule has 0 aliphatic heterocycles. The molecule has 3 aromatic rings. The number of nitrogens with zero attached hydrogens (tertiary/aromatic N) is 2. The van der Waals surface area contributed by atoms with Gasteiger partial charge >= 0.3 is 6.18 Å². The molecule has 1 aromatic carbocycles. The number of amides is 1. The van der Waals surface area contributed by atoms with Gasteiger partial charge in [-0.05, 0) is 37.6 Å². The van der Waals surface area contributed by atoms with E-state index in [-0.39, 0.29) is 17.0 Å². The number of unbranched alkanes of at least 4 members (excludes halogenated alkanes) is 1. The average molecular weight is 438 g/mol. The van der Waals surface area contributed by atoms with Gasteiger partial charge in [0.2, 0.25) is 5.91 Å². The molecule has 0 aliphatic rings. The average Bonchev–Trinajstić information content (AvgIpc) is 3.06. The van der Waals surface area contributed by atoms with Crippen LogP contribution in [-0.2, 0) is 17.5 Å². The lowest BCUT2D eigenvalue weighted by molar-refractivity contribution is -0.137. The molecule has 0 bridgehead atoms. The molecule has 2 aromatic heterocycles. The van der Waals surface area contributed by atoms with Gasteiger partial charge in [-0.1, -0.05) is 31.2 Å². The summed E-state index contributed by atoms with van der Waals surface area (Å²) in [6.07, 6.45) is -2.83. The normalized spacial score (nSPS) is 11.8. The van der Waals surface area contributed by atoms with E-state index in [4.69, 9.17) is 0 Å². The molecule has 0 unspecified atom stereocenters. The van der Waals surface area contributed by atoms with Crippen LogP contribution >= 0.6 is 11.8 Å². The molecule has 10 heteroatoms. The zero-order valence-electron chi connectivity index (χ0n) is 16.5. The Balaban J connectivity index is 1.77. The van der Waals surface area contributed by atoms with Crippen LogP contribution in [0.3, 0.4) is 0 Å². The molecule has 2 heterocycles. The van der Waals surface area contributed by atoms with Gasteiger partial charge in [0.05, 0.1) is 16.8 Å². The first-order valence-corrected chi connectivity index (χ1v) is 10.4. The Bertz CT molecular complexity index is 1120. The number of carbonyl (C=O) groups excluding carboxylic acids is 1. The maximum atomic E-state index is 12.8. The number of alkyl halides is 3. The van der Waals surface area contributed by atoms with Crippen LogP contribution in [0.5, 0.6) is 0 Å². The number of aromatic amines is 1. The summed E-state index contributed by atoms with van der Waals surface area (Å²) in [5, 5.41) is 2.86. The smallest absolute Gasteiger partial charge is 0.353 e. The lowest BCUT2D eigenvalue weighted by Crippen LogP contribution is -2.24. The molecule has 2 N–H and O–H groups in total. The third kappa shape index (κ3) is 5.05. The Morgan fingerprint density at radius 1 is 1.30 bits per heavy atom. The predicted molar refractivity (Wildman–Crippen MR) is 111 cm³/mol. The van der Waals surface area contributed by atoms with Crippen LogP contribution in [0, 0.1) is 6.92 Å². The number of H-pyrrole nitrogens is 1. The second kappa shape index (κ2) is 8.95. The quantitative estimate of drug-likeness (QED) is 0.418. The number of thioether (sulfide) groups is 1. The van der Waals surface area contributed by atoms with Crippen molar-refractivity contribution in [2.75, 3.05) is 11.1 Å². The number of rotatable bonds is 7. The Hall–Kier alpha value is -2.75. The minimum absolute atomic E-state index is 0.0588. The van der Waals surface area contributed by atoms with Crippen LogP contribution in [0.4, 0.5) is 18.9 Å². The van der Waals surface area contributed by atoms with Crippen LogP contribution in [0.15, 0.2) is 40.3 Å². The van der Waals surface area contributed by atoms with Crippen molar-refractivity contribution in [3.05, 3.63) is 51.9 Å². The van der Waals surface area contributed by atoms with E-state index in [1.807, 2.05) is 13.8 Å². The molecular formula is C20H21F3N4O2S. The van der Waals surface area contributed by atoms with Gasteiger partial charge in [-0.15, -0.1) is 0 Å². The van der Waals surface area contributed by atoms with Crippen molar-refractivity contribution < 1.29 is 18.0 Å². The van der Waals surface area contributed by atoms with E-state index in [1.54, 1.807) is 6.07 Å². The van der Waals surface area contributed by atoms with E-state index >= 15 is 0 Å². The van der Waals surface area contributed by atoms with Crippen LogP contribution in [0.25, 0.3) is 11.0 Å². The molecule has 0 radical (unpaired) electrons.